The van der Waals surface area contributed by atoms with Crippen molar-refractivity contribution in [2.75, 3.05) is 40.9 Å². The fourth-order valence-corrected chi connectivity index (χ4v) is 2.16. The summed E-state index contributed by atoms with van der Waals surface area (Å²) in [7, 11) is 4.94. The lowest BCUT2D eigenvalue weighted by Gasteiger charge is -2.24. The van der Waals surface area contributed by atoms with Crippen LogP contribution in [-0.4, -0.2) is 58.0 Å². The van der Waals surface area contributed by atoms with E-state index in [2.05, 4.69) is 10.2 Å². The van der Waals surface area contributed by atoms with Crippen LogP contribution in [0.4, 0.5) is 0 Å². The Morgan fingerprint density at radius 1 is 1.50 bits per heavy atom. The van der Waals surface area contributed by atoms with Gasteiger partial charge < -0.3 is 14.8 Å². The van der Waals surface area contributed by atoms with Crippen molar-refractivity contribution in [1.82, 2.24) is 10.2 Å². The number of ether oxygens (including phenoxy) is 2. The Hall–Kier alpha value is -0.650. The number of carbonyl (C=O) groups is 1. The first-order valence-corrected chi connectivity index (χ1v) is 5.56. The van der Waals surface area contributed by atoms with E-state index in [1.807, 2.05) is 6.92 Å². The fourth-order valence-electron chi connectivity index (χ4n) is 2.16. The molecule has 0 bridgehead atoms. The van der Waals surface area contributed by atoms with Crippen molar-refractivity contribution in [2.24, 2.45) is 5.41 Å². The van der Waals surface area contributed by atoms with Gasteiger partial charge in [0.15, 0.2) is 6.29 Å². The summed E-state index contributed by atoms with van der Waals surface area (Å²) in [5.74, 6) is 0.112. The minimum atomic E-state index is -0.277. The predicted molar refractivity (Wildman–Crippen MR) is 61.0 cm³/mol. The molecule has 0 aromatic rings. The summed E-state index contributed by atoms with van der Waals surface area (Å²) in [6.07, 6.45) is 0.666. The van der Waals surface area contributed by atoms with E-state index >= 15 is 0 Å². The van der Waals surface area contributed by atoms with Crippen LogP contribution in [0.5, 0.6) is 0 Å². The molecule has 5 heteroatoms. The molecule has 5 nitrogen and oxygen atoms in total. The minimum Gasteiger partial charge on any atom is -0.359 e. The van der Waals surface area contributed by atoms with Crippen LogP contribution in [0.15, 0.2) is 0 Å². The lowest BCUT2D eigenvalue weighted by Crippen LogP contribution is -2.40. The van der Waals surface area contributed by atoms with Gasteiger partial charge in [-0.15, -0.1) is 0 Å². The zero-order chi connectivity index (χ0) is 12.2. The topological polar surface area (TPSA) is 50.8 Å². The highest BCUT2D eigenvalue weighted by molar-refractivity contribution is 5.82. The number of rotatable bonds is 5. The van der Waals surface area contributed by atoms with Crippen molar-refractivity contribution in [3.63, 3.8) is 0 Å². The van der Waals surface area contributed by atoms with Crippen LogP contribution in [0.1, 0.15) is 13.3 Å². The summed E-state index contributed by atoms with van der Waals surface area (Å²) in [5.41, 5.74) is -0.277. The molecule has 0 aromatic carbocycles. The molecule has 16 heavy (non-hydrogen) atoms. The summed E-state index contributed by atoms with van der Waals surface area (Å²) in [6, 6.07) is 0. The van der Waals surface area contributed by atoms with Gasteiger partial charge in [0.1, 0.15) is 0 Å². The normalized spacial score (nSPS) is 26.3. The monoisotopic (exact) mass is 230 g/mol. The second-order valence-electron chi connectivity index (χ2n) is 4.53. The molecule has 1 saturated heterocycles. The van der Waals surface area contributed by atoms with Crippen LogP contribution >= 0.6 is 0 Å². The first-order valence-electron chi connectivity index (χ1n) is 5.56. The van der Waals surface area contributed by atoms with Crippen LogP contribution in [0.25, 0.3) is 0 Å². The molecule has 1 unspecified atom stereocenters. The van der Waals surface area contributed by atoms with Gasteiger partial charge in [-0.1, -0.05) is 0 Å². The molecule has 0 aromatic heterocycles. The minimum absolute atomic E-state index is 0.112. The summed E-state index contributed by atoms with van der Waals surface area (Å²) < 4.78 is 10.3. The number of nitrogens with zero attached hydrogens (tertiary/aromatic N) is 1. The van der Waals surface area contributed by atoms with E-state index in [-0.39, 0.29) is 17.6 Å². The maximum atomic E-state index is 11.7. The molecule has 0 aliphatic carbocycles. The number of likely N-dealkylation sites (tertiary alicyclic amines) is 1. The van der Waals surface area contributed by atoms with Gasteiger partial charge in [0.05, 0.1) is 5.41 Å². The predicted octanol–water partition coefficient (Wildman–Crippen LogP) is 0.0633. The lowest BCUT2D eigenvalue weighted by atomic mass is 9.89. The van der Waals surface area contributed by atoms with Gasteiger partial charge in [0.2, 0.25) is 5.91 Å². The second-order valence-corrected chi connectivity index (χ2v) is 4.53. The zero-order valence-corrected chi connectivity index (χ0v) is 10.6. The van der Waals surface area contributed by atoms with Gasteiger partial charge in [-0.3, -0.25) is 9.69 Å². The standard InChI is InChI=1S/C11H22N2O3/c1-11(10(14)12-2)5-6-13(8-11)7-9(15-3)16-4/h9H,5-8H2,1-4H3,(H,12,14). The van der Waals surface area contributed by atoms with E-state index in [9.17, 15) is 4.79 Å². The Morgan fingerprint density at radius 2 is 2.12 bits per heavy atom. The first kappa shape index (κ1) is 13.4. The third-order valence-electron chi connectivity index (χ3n) is 3.26. The molecule has 1 heterocycles. The van der Waals surface area contributed by atoms with Crippen molar-refractivity contribution in [3.8, 4) is 0 Å². The molecular formula is C11H22N2O3. The number of amides is 1. The quantitative estimate of drug-likeness (QED) is 0.679. The van der Waals surface area contributed by atoms with Crippen LogP contribution in [0, 0.1) is 5.41 Å². The third kappa shape index (κ3) is 2.93. The van der Waals surface area contributed by atoms with E-state index < -0.39 is 0 Å². The van der Waals surface area contributed by atoms with E-state index in [0.717, 1.165) is 19.5 Å². The summed E-state index contributed by atoms with van der Waals surface area (Å²) in [5, 5.41) is 2.72. The number of hydrogen-bond acceptors (Lipinski definition) is 4. The number of methoxy groups -OCH3 is 2. The lowest BCUT2D eigenvalue weighted by molar-refractivity contribution is -0.130. The molecule has 1 aliphatic rings. The summed E-state index contributed by atoms with van der Waals surface area (Å²) in [6.45, 7) is 4.38. The van der Waals surface area contributed by atoms with E-state index in [4.69, 9.17) is 9.47 Å². The molecule has 1 N–H and O–H groups in total. The molecule has 0 radical (unpaired) electrons. The molecule has 1 atom stereocenters. The average Bonchev–Trinajstić information content (AvgIpc) is 2.68. The van der Waals surface area contributed by atoms with Crippen LogP contribution in [-0.2, 0) is 14.3 Å². The average molecular weight is 230 g/mol. The van der Waals surface area contributed by atoms with Gasteiger partial charge in [-0.05, 0) is 19.9 Å². The summed E-state index contributed by atoms with van der Waals surface area (Å²) >= 11 is 0. The molecule has 1 fully saturated rings. The highest BCUT2D eigenvalue weighted by Gasteiger charge is 2.40. The Kier molecular flexibility index (Phi) is 4.70. The highest BCUT2D eigenvalue weighted by atomic mass is 16.7. The zero-order valence-electron chi connectivity index (χ0n) is 10.6. The first-order chi connectivity index (χ1) is 7.55. The fraction of sp³-hybridized carbons (Fsp3) is 0.909. The molecule has 1 rings (SSSR count). The SMILES string of the molecule is CNC(=O)C1(C)CCN(CC(OC)OC)C1. The van der Waals surface area contributed by atoms with Crippen LogP contribution in [0.2, 0.25) is 0 Å². The van der Waals surface area contributed by atoms with E-state index in [0.29, 0.717) is 6.54 Å². The number of carbonyl (C=O) groups excluding carboxylic acids is 1. The van der Waals surface area contributed by atoms with E-state index in [1.165, 1.54) is 0 Å². The Morgan fingerprint density at radius 3 is 2.62 bits per heavy atom. The van der Waals surface area contributed by atoms with E-state index in [1.54, 1.807) is 21.3 Å². The van der Waals surface area contributed by atoms with Crippen LogP contribution < -0.4 is 5.32 Å². The maximum Gasteiger partial charge on any atom is 0.227 e. The van der Waals surface area contributed by atoms with Gasteiger partial charge >= 0.3 is 0 Å². The molecule has 94 valence electrons. The summed E-state index contributed by atoms with van der Waals surface area (Å²) in [4.78, 5) is 13.9. The van der Waals surface area contributed by atoms with Crippen molar-refractivity contribution in [2.45, 2.75) is 19.6 Å². The van der Waals surface area contributed by atoms with Crippen molar-refractivity contribution in [3.05, 3.63) is 0 Å². The van der Waals surface area contributed by atoms with Crippen molar-refractivity contribution in [1.29, 1.82) is 0 Å². The maximum absolute atomic E-state index is 11.7. The molecule has 1 amide bonds. The van der Waals surface area contributed by atoms with Gasteiger partial charge in [0.25, 0.3) is 0 Å². The van der Waals surface area contributed by atoms with Gasteiger partial charge in [-0.2, -0.15) is 0 Å². The van der Waals surface area contributed by atoms with Crippen molar-refractivity contribution >= 4 is 5.91 Å². The van der Waals surface area contributed by atoms with Crippen LogP contribution in [0.3, 0.4) is 0 Å². The second kappa shape index (κ2) is 5.61. The van der Waals surface area contributed by atoms with Crippen molar-refractivity contribution < 1.29 is 14.3 Å². The Labute approximate surface area is 97.1 Å². The smallest absolute Gasteiger partial charge is 0.227 e. The highest BCUT2D eigenvalue weighted by Crippen LogP contribution is 2.30. The third-order valence-corrected chi connectivity index (χ3v) is 3.26. The molecular weight excluding hydrogens is 208 g/mol. The largest absolute Gasteiger partial charge is 0.359 e. The Balaban J connectivity index is 2.48. The van der Waals surface area contributed by atoms with Gasteiger partial charge in [-0.25, -0.2) is 0 Å². The molecule has 0 spiro atoms. The molecule has 1 aliphatic heterocycles. The number of hydrogen-bond donors (Lipinski definition) is 1. The Bertz CT molecular complexity index is 243. The molecule has 0 saturated carbocycles. The number of nitrogens with one attached hydrogen (secondary N) is 1. The van der Waals surface area contributed by atoms with Gasteiger partial charge in [0, 0.05) is 34.4 Å².